The van der Waals surface area contributed by atoms with Crippen LogP contribution in [0.25, 0.3) is 11.5 Å². The van der Waals surface area contributed by atoms with Gasteiger partial charge in [0, 0.05) is 32.7 Å². The molecular formula is C26H24N4O3S. The molecule has 3 aromatic carbocycles. The lowest BCUT2D eigenvalue weighted by Crippen LogP contribution is -2.26. The summed E-state index contributed by atoms with van der Waals surface area (Å²) < 4.78 is 33.2. The van der Waals surface area contributed by atoms with Gasteiger partial charge < -0.3 is 9.32 Å². The first kappa shape index (κ1) is 23.2. The zero-order valence-corrected chi connectivity index (χ0v) is 19.7. The summed E-state index contributed by atoms with van der Waals surface area (Å²) in [5, 5.41) is 9.54. The van der Waals surface area contributed by atoms with E-state index < -0.39 is 10.0 Å². The summed E-state index contributed by atoms with van der Waals surface area (Å²) in [5.41, 5.74) is 2.73. The molecule has 0 aliphatic heterocycles. The Hall–Kier alpha value is -3.93. The van der Waals surface area contributed by atoms with Gasteiger partial charge in [-0.3, -0.25) is 0 Å². The molecule has 0 radical (unpaired) electrons. The van der Waals surface area contributed by atoms with Gasteiger partial charge in [0.15, 0.2) is 0 Å². The van der Waals surface area contributed by atoms with Gasteiger partial charge in [0.2, 0.25) is 27.5 Å². The number of sulfonamides is 1. The first-order valence-electron chi connectivity index (χ1n) is 10.6. The van der Waals surface area contributed by atoms with E-state index in [0.717, 1.165) is 11.1 Å². The van der Waals surface area contributed by atoms with Crippen LogP contribution in [0.1, 0.15) is 16.8 Å². The van der Waals surface area contributed by atoms with Crippen molar-refractivity contribution >= 4 is 15.9 Å². The molecule has 0 saturated heterocycles. The summed E-state index contributed by atoms with van der Waals surface area (Å²) in [7, 11) is -0.286. The minimum absolute atomic E-state index is 0.170. The van der Waals surface area contributed by atoms with Gasteiger partial charge in [-0.05, 0) is 35.4 Å². The fourth-order valence-electron chi connectivity index (χ4n) is 3.57. The van der Waals surface area contributed by atoms with Crippen LogP contribution in [-0.2, 0) is 23.1 Å². The molecule has 8 heteroatoms. The maximum atomic E-state index is 13.0. The highest BCUT2D eigenvalue weighted by molar-refractivity contribution is 7.89. The minimum Gasteiger partial charge on any atom is -0.419 e. The van der Waals surface area contributed by atoms with Gasteiger partial charge in [0.25, 0.3) is 0 Å². The highest BCUT2D eigenvalue weighted by Crippen LogP contribution is 2.29. The Morgan fingerprint density at radius 2 is 1.41 bits per heavy atom. The lowest BCUT2D eigenvalue weighted by molar-refractivity contribution is 0.466. The van der Waals surface area contributed by atoms with Crippen molar-refractivity contribution in [3.05, 3.63) is 102 Å². The average Bonchev–Trinajstić information content (AvgIpc) is 3.30. The number of anilines is 1. The Balaban J connectivity index is 1.54. The SMILES string of the molecule is CN(Cc1ccccc1)c1oc(-c2ccc(S(=O)(=O)N(C)Cc3ccccc3)cc2)nc1C#N. The summed E-state index contributed by atoms with van der Waals surface area (Å²) in [6.07, 6.45) is 0. The molecule has 0 atom stereocenters. The molecule has 1 aromatic heterocycles. The van der Waals surface area contributed by atoms with E-state index in [4.69, 9.17) is 4.42 Å². The molecule has 0 bridgehead atoms. The third-order valence-corrected chi connectivity index (χ3v) is 7.20. The number of rotatable bonds is 8. The van der Waals surface area contributed by atoms with Gasteiger partial charge in [-0.2, -0.15) is 14.6 Å². The van der Waals surface area contributed by atoms with Crippen LogP contribution in [-0.4, -0.2) is 31.8 Å². The molecule has 0 spiro atoms. The summed E-state index contributed by atoms with van der Waals surface area (Å²) in [4.78, 5) is 6.31. The molecule has 0 unspecified atom stereocenters. The second kappa shape index (κ2) is 9.91. The van der Waals surface area contributed by atoms with E-state index in [9.17, 15) is 13.7 Å². The molecule has 34 heavy (non-hydrogen) atoms. The van der Waals surface area contributed by atoms with Crippen molar-refractivity contribution in [2.24, 2.45) is 0 Å². The molecule has 0 aliphatic carbocycles. The largest absolute Gasteiger partial charge is 0.419 e. The van der Waals surface area contributed by atoms with Gasteiger partial charge in [-0.25, -0.2) is 8.42 Å². The lowest BCUT2D eigenvalue weighted by Gasteiger charge is -2.17. The van der Waals surface area contributed by atoms with Crippen LogP contribution < -0.4 is 4.90 Å². The Bertz CT molecular complexity index is 1390. The van der Waals surface area contributed by atoms with E-state index in [1.165, 1.54) is 16.4 Å². The van der Waals surface area contributed by atoms with Gasteiger partial charge in [0.05, 0.1) is 4.90 Å². The van der Waals surface area contributed by atoms with Gasteiger partial charge in [-0.15, -0.1) is 0 Å². The highest BCUT2D eigenvalue weighted by atomic mass is 32.2. The van der Waals surface area contributed by atoms with Crippen LogP contribution in [0.4, 0.5) is 5.88 Å². The van der Waals surface area contributed by atoms with Crippen LogP contribution >= 0.6 is 0 Å². The minimum atomic E-state index is -3.67. The monoisotopic (exact) mass is 472 g/mol. The van der Waals surface area contributed by atoms with Gasteiger partial charge >= 0.3 is 0 Å². The molecule has 0 saturated carbocycles. The van der Waals surface area contributed by atoms with Crippen molar-refractivity contribution in [2.75, 3.05) is 19.0 Å². The molecule has 0 N–H and O–H groups in total. The maximum Gasteiger partial charge on any atom is 0.243 e. The van der Waals surface area contributed by atoms with Gasteiger partial charge in [-0.1, -0.05) is 60.7 Å². The number of nitriles is 1. The fraction of sp³-hybridized carbons (Fsp3) is 0.154. The number of oxazole rings is 1. The third-order valence-electron chi connectivity index (χ3n) is 5.38. The van der Waals surface area contributed by atoms with E-state index in [1.807, 2.05) is 72.6 Å². The predicted octanol–water partition coefficient (Wildman–Crippen LogP) is 4.67. The van der Waals surface area contributed by atoms with Crippen molar-refractivity contribution in [1.29, 1.82) is 5.26 Å². The standard InChI is InChI=1S/C26H24N4O3S/c1-29(18-20-9-5-3-6-10-20)26-24(17-27)28-25(33-26)22-13-15-23(16-14-22)34(31,32)30(2)19-21-11-7-4-8-12-21/h3-16H,18-19H2,1-2H3. The molecule has 7 nitrogen and oxygen atoms in total. The van der Waals surface area contributed by atoms with E-state index in [0.29, 0.717) is 18.0 Å². The first-order valence-corrected chi connectivity index (χ1v) is 12.1. The second-order valence-electron chi connectivity index (χ2n) is 7.90. The summed E-state index contributed by atoms with van der Waals surface area (Å²) >= 11 is 0. The quantitative estimate of drug-likeness (QED) is 0.370. The van der Waals surface area contributed by atoms with Crippen LogP contribution in [0.2, 0.25) is 0 Å². The predicted molar refractivity (Wildman–Crippen MR) is 130 cm³/mol. The number of nitrogens with zero attached hydrogens (tertiary/aromatic N) is 4. The zero-order valence-electron chi connectivity index (χ0n) is 18.9. The molecule has 1 heterocycles. The Morgan fingerprint density at radius 3 is 1.97 bits per heavy atom. The number of benzene rings is 3. The first-order chi connectivity index (χ1) is 16.4. The normalized spacial score (nSPS) is 11.4. The van der Waals surface area contributed by atoms with Crippen molar-refractivity contribution in [2.45, 2.75) is 18.0 Å². The molecule has 0 amide bonds. The van der Waals surface area contributed by atoms with Crippen LogP contribution in [0, 0.1) is 11.3 Å². The lowest BCUT2D eigenvalue weighted by atomic mass is 10.2. The van der Waals surface area contributed by atoms with E-state index >= 15 is 0 Å². The van der Waals surface area contributed by atoms with E-state index in [1.54, 1.807) is 19.2 Å². The average molecular weight is 473 g/mol. The highest BCUT2D eigenvalue weighted by Gasteiger charge is 2.22. The molecular weight excluding hydrogens is 448 g/mol. The molecule has 172 valence electrons. The Morgan fingerprint density at radius 1 is 0.853 bits per heavy atom. The summed E-state index contributed by atoms with van der Waals surface area (Å²) in [6, 6.07) is 27.6. The van der Waals surface area contributed by atoms with Crippen molar-refractivity contribution in [1.82, 2.24) is 9.29 Å². The molecule has 4 aromatic rings. The maximum absolute atomic E-state index is 13.0. The number of hydrogen-bond donors (Lipinski definition) is 0. The van der Waals surface area contributed by atoms with Gasteiger partial charge in [0.1, 0.15) is 6.07 Å². The zero-order chi connectivity index (χ0) is 24.1. The van der Waals surface area contributed by atoms with E-state index in [-0.39, 0.29) is 23.0 Å². The van der Waals surface area contributed by atoms with E-state index in [2.05, 4.69) is 11.1 Å². The van der Waals surface area contributed by atoms with Crippen molar-refractivity contribution in [3.8, 4) is 17.5 Å². The summed E-state index contributed by atoms with van der Waals surface area (Å²) in [5.74, 6) is 0.619. The molecule has 4 rings (SSSR count). The van der Waals surface area contributed by atoms with Crippen molar-refractivity contribution in [3.63, 3.8) is 0 Å². The van der Waals surface area contributed by atoms with Crippen molar-refractivity contribution < 1.29 is 12.8 Å². The van der Waals surface area contributed by atoms with Crippen LogP contribution in [0.3, 0.4) is 0 Å². The Kier molecular flexibility index (Phi) is 6.77. The topological polar surface area (TPSA) is 90.4 Å². The van der Waals surface area contributed by atoms with Crippen LogP contribution in [0.5, 0.6) is 0 Å². The second-order valence-corrected chi connectivity index (χ2v) is 9.94. The smallest absolute Gasteiger partial charge is 0.243 e. The molecule has 0 aliphatic rings. The van der Waals surface area contributed by atoms with Crippen LogP contribution in [0.15, 0.2) is 94.2 Å². The Labute approximate surface area is 199 Å². The number of hydrogen-bond acceptors (Lipinski definition) is 6. The molecule has 0 fully saturated rings. The summed E-state index contributed by atoms with van der Waals surface area (Å²) in [6.45, 7) is 0.822. The number of aromatic nitrogens is 1. The third kappa shape index (κ3) is 5.01. The fourth-order valence-corrected chi connectivity index (χ4v) is 4.73.